The molecule has 3 heterocycles. The molecule has 1 aromatic carbocycles. The van der Waals surface area contributed by atoms with Crippen LogP contribution in [-0.4, -0.2) is 73.6 Å². The molecule has 0 spiro atoms. The molecule has 184 valence electrons. The molecule has 0 radical (unpaired) electrons. The molecule has 1 amide bonds. The van der Waals surface area contributed by atoms with Crippen molar-refractivity contribution in [2.24, 2.45) is 5.92 Å². The smallest absolute Gasteiger partial charge is 0.369 e. The summed E-state index contributed by atoms with van der Waals surface area (Å²) in [6.45, 7) is 12.6. The van der Waals surface area contributed by atoms with Gasteiger partial charge >= 0.3 is 6.18 Å². The van der Waals surface area contributed by atoms with E-state index in [0.29, 0.717) is 31.9 Å². The van der Waals surface area contributed by atoms with Gasteiger partial charge in [0.15, 0.2) is 0 Å². The largest absolute Gasteiger partial charge is 0.416 e. The van der Waals surface area contributed by atoms with Gasteiger partial charge in [0, 0.05) is 57.0 Å². The van der Waals surface area contributed by atoms with E-state index in [9.17, 15) is 18.0 Å². The lowest BCUT2D eigenvalue weighted by atomic mass is 9.86. The van der Waals surface area contributed by atoms with Gasteiger partial charge in [-0.2, -0.15) is 13.2 Å². The van der Waals surface area contributed by atoms with E-state index in [1.165, 1.54) is 12.1 Å². The van der Waals surface area contributed by atoms with Crippen molar-refractivity contribution in [2.75, 3.05) is 57.3 Å². The van der Waals surface area contributed by atoms with Gasteiger partial charge in [0.05, 0.1) is 11.5 Å². The maximum Gasteiger partial charge on any atom is 0.416 e. The third-order valence-electron chi connectivity index (χ3n) is 7.55. The second-order valence-corrected chi connectivity index (χ2v) is 10.7. The molecular weight excluding hydrogens is 429 g/mol. The molecule has 0 aliphatic carbocycles. The number of halogens is 3. The number of carbonyl (C=O) groups excluding carboxylic acids is 1. The summed E-state index contributed by atoms with van der Waals surface area (Å²) in [7, 11) is 0. The number of alkyl halides is 3. The molecule has 1 aromatic rings. The SMILES string of the molecule is CC(C)(C)N1CCC(C(=O)N2CCC(c3ccc(C(F)(F)F)cc3N3CCNCC3)CC2)C1. The average Bonchev–Trinajstić information content (AvgIpc) is 3.29. The average molecular weight is 467 g/mol. The standard InChI is InChI=1S/C25H37F3N4O/c1-24(2,3)32-13-8-19(17-32)23(33)31-11-6-18(7-12-31)21-5-4-20(25(26,27)28)16-22(21)30-14-9-29-10-15-30/h4-5,16,18-19,29H,6-15,17H2,1-3H3. The van der Waals surface area contributed by atoms with Crippen LogP contribution < -0.4 is 10.2 Å². The van der Waals surface area contributed by atoms with E-state index in [1.54, 1.807) is 6.07 Å². The molecule has 1 N–H and O–H groups in total. The van der Waals surface area contributed by atoms with E-state index >= 15 is 0 Å². The van der Waals surface area contributed by atoms with Crippen LogP contribution in [0.2, 0.25) is 0 Å². The highest BCUT2D eigenvalue weighted by Crippen LogP contribution is 2.39. The Morgan fingerprint density at radius 1 is 0.970 bits per heavy atom. The zero-order chi connectivity index (χ0) is 23.8. The lowest BCUT2D eigenvalue weighted by molar-refractivity contribution is -0.138. The van der Waals surface area contributed by atoms with Gasteiger partial charge in [0.2, 0.25) is 5.91 Å². The van der Waals surface area contributed by atoms with E-state index in [2.05, 4.69) is 35.9 Å². The van der Waals surface area contributed by atoms with Crippen LogP contribution in [0, 0.1) is 5.92 Å². The topological polar surface area (TPSA) is 38.8 Å². The normalized spacial score (nSPS) is 23.9. The molecule has 1 atom stereocenters. The van der Waals surface area contributed by atoms with Gasteiger partial charge in [-0.3, -0.25) is 9.69 Å². The summed E-state index contributed by atoms with van der Waals surface area (Å²) in [5, 5.41) is 3.27. The molecular formula is C25H37F3N4O. The fourth-order valence-corrected chi connectivity index (χ4v) is 5.49. The van der Waals surface area contributed by atoms with E-state index in [0.717, 1.165) is 51.0 Å². The van der Waals surface area contributed by atoms with Crippen LogP contribution in [0.3, 0.4) is 0 Å². The van der Waals surface area contributed by atoms with Crippen LogP contribution in [-0.2, 0) is 11.0 Å². The number of rotatable bonds is 3. The summed E-state index contributed by atoms with van der Waals surface area (Å²) >= 11 is 0. The Kier molecular flexibility index (Phi) is 6.97. The molecule has 3 saturated heterocycles. The van der Waals surface area contributed by atoms with Crippen molar-refractivity contribution in [2.45, 2.75) is 57.7 Å². The van der Waals surface area contributed by atoms with Crippen molar-refractivity contribution in [3.05, 3.63) is 29.3 Å². The zero-order valence-corrected chi connectivity index (χ0v) is 20.0. The Morgan fingerprint density at radius 2 is 1.64 bits per heavy atom. The first kappa shape index (κ1) is 24.3. The van der Waals surface area contributed by atoms with Crippen LogP contribution in [0.5, 0.6) is 0 Å². The van der Waals surface area contributed by atoms with Crippen LogP contribution in [0.25, 0.3) is 0 Å². The van der Waals surface area contributed by atoms with Gasteiger partial charge in [-0.1, -0.05) is 6.07 Å². The number of nitrogens with one attached hydrogen (secondary N) is 1. The molecule has 3 aliphatic heterocycles. The van der Waals surface area contributed by atoms with Gasteiger partial charge in [0.1, 0.15) is 0 Å². The molecule has 8 heteroatoms. The van der Waals surface area contributed by atoms with Gasteiger partial charge < -0.3 is 15.1 Å². The van der Waals surface area contributed by atoms with Gasteiger partial charge in [-0.25, -0.2) is 0 Å². The summed E-state index contributed by atoms with van der Waals surface area (Å²) < 4.78 is 40.3. The molecule has 33 heavy (non-hydrogen) atoms. The fraction of sp³-hybridized carbons (Fsp3) is 0.720. The highest BCUT2D eigenvalue weighted by Gasteiger charge is 2.38. The van der Waals surface area contributed by atoms with Crippen molar-refractivity contribution in [3.63, 3.8) is 0 Å². The second-order valence-electron chi connectivity index (χ2n) is 10.7. The molecule has 3 aliphatic rings. The number of amides is 1. The lowest BCUT2D eigenvalue weighted by Gasteiger charge is -2.37. The maximum absolute atomic E-state index is 13.4. The van der Waals surface area contributed by atoms with Gasteiger partial charge in [-0.15, -0.1) is 0 Å². The maximum atomic E-state index is 13.4. The minimum absolute atomic E-state index is 0.0586. The molecule has 4 rings (SSSR count). The monoisotopic (exact) mass is 466 g/mol. The second kappa shape index (κ2) is 9.45. The van der Waals surface area contributed by atoms with Crippen LogP contribution in [0.4, 0.5) is 18.9 Å². The molecule has 3 fully saturated rings. The van der Waals surface area contributed by atoms with Crippen LogP contribution >= 0.6 is 0 Å². The first-order valence-electron chi connectivity index (χ1n) is 12.2. The summed E-state index contributed by atoms with van der Waals surface area (Å²) in [5.41, 5.74) is 1.20. The Balaban J connectivity index is 1.44. The third-order valence-corrected chi connectivity index (χ3v) is 7.55. The number of hydrogen-bond acceptors (Lipinski definition) is 4. The minimum Gasteiger partial charge on any atom is -0.369 e. The number of benzene rings is 1. The Hall–Kier alpha value is -1.80. The number of carbonyl (C=O) groups is 1. The highest BCUT2D eigenvalue weighted by atomic mass is 19.4. The van der Waals surface area contributed by atoms with Gasteiger partial charge in [0.25, 0.3) is 0 Å². The van der Waals surface area contributed by atoms with Crippen molar-refractivity contribution in [1.82, 2.24) is 15.1 Å². The third kappa shape index (κ3) is 5.48. The van der Waals surface area contributed by atoms with Crippen molar-refractivity contribution < 1.29 is 18.0 Å². The zero-order valence-electron chi connectivity index (χ0n) is 20.0. The first-order chi connectivity index (χ1) is 15.5. The summed E-state index contributed by atoms with van der Waals surface area (Å²) in [4.78, 5) is 19.6. The predicted molar refractivity (Wildman–Crippen MR) is 125 cm³/mol. The minimum atomic E-state index is -4.35. The number of hydrogen-bond donors (Lipinski definition) is 1. The highest BCUT2D eigenvalue weighted by molar-refractivity contribution is 5.79. The van der Waals surface area contributed by atoms with E-state index in [1.807, 2.05) is 4.90 Å². The van der Waals surface area contributed by atoms with E-state index in [-0.39, 0.29) is 23.3 Å². The molecule has 0 bridgehead atoms. The quantitative estimate of drug-likeness (QED) is 0.733. The van der Waals surface area contributed by atoms with Crippen molar-refractivity contribution in [3.8, 4) is 0 Å². The van der Waals surface area contributed by atoms with Crippen molar-refractivity contribution >= 4 is 11.6 Å². The fourth-order valence-electron chi connectivity index (χ4n) is 5.49. The summed E-state index contributed by atoms with van der Waals surface area (Å²) in [5.74, 6) is 0.481. The van der Waals surface area contributed by atoms with E-state index in [4.69, 9.17) is 0 Å². The van der Waals surface area contributed by atoms with Crippen LogP contribution in [0.1, 0.15) is 57.1 Å². The molecule has 1 unspecified atom stereocenters. The first-order valence-corrected chi connectivity index (χ1v) is 12.2. The lowest BCUT2D eigenvalue weighted by Crippen LogP contribution is -2.45. The Morgan fingerprint density at radius 3 is 2.21 bits per heavy atom. The number of piperazine rings is 1. The predicted octanol–water partition coefficient (Wildman–Crippen LogP) is 3.94. The number of anilines is 1. The number of piperidine rings is 1. The number of likely N-dealkylation sites (tertiary alicyclic amines) is 2. The van der Waals surface area contributed by atoms with E-state index < -0.39 is 11.7 Å². The number of nitrogens with zero attached hydrogens (tertiary/aromatic N) is 3. The van der Waals surface area contributed by atoms with Crippen LogP contribution in [0.15, 0.2) is 18.2 Å². The Bertz CT molecular complexity index is 837. The summed E-state index contributed by atoms with van der Waals surface area (Å²) in [6.07, 6.45) is -1.85. The Labute approximate surface area is 195 Å². The molecule has 0 aromatic heterocycles. The van der Waals surface area contributed by atoms with Gasteiger partial charge in [-0.05, 0) is 70.2 Å². The van der Waals surface area contributed by atoms with Crippen molar-refractivity contribution in [1.29, 1.82) is 0 Å². The molecule has 5 nitrogen and oxygen atoms in total. The molecule has 0 saturated carbocycles. The summed E-state index contributed by atoms with van der Waals surface area (Å²) in [6, 6.07) is 4.23.